The summed E-state index contributed by atoms with van der Waals surface area (Å²) in [5.74, 6) is 0. The molecule has 1 fully saturated rings. The molecule has 1 saturated carbocycles. The fourth-order valence-corrected chi connectivity index (χ4v) is 1.70. The van der Waals surface area contributed by atoms with E-state index in [1.807, 2.05) is 0 Å². The van der Waals surface area contributed by atoms with Gasteiger partial charge < -0.3 is 9.47 Å². The van der Waals surface area contributed by atoms with Crippen molar-refractivity contribution in [3.05, 3.63) is 0 Å². The van der Waals surface area contributed by atoms with Crippen molar-refractivity contribution in [1.29, 1.82) is 0 Å². The van der Waals surface area contributed by atoms with Gasteiger partial charge in [-0.2, -0.15) is 0 Å². The van der Waals surface area contributed by atoms with Gasteiger partial charge in [0.05, 0.1) is 17.6 Å². The minimum atomic E-state index is 0.114. The van der Waals surface area contributed by atoms with E-state index in [-0.39, 0.29) is 17.6 Å². The fourth-order valence-electron chi connectivity index (χ4n) is 1.26. The van der Waals surface area contributed by atoms with E-state index in [0.29, 0.717) is 0 Å². The first-order chi connectivity index (χ1) is 5.29. The summed E-state index contributed by atoms with van der Waals surface area (Å²) in [4.78, 5) is 0. The molecule has 0 amide bonds. The van der Waals surface area contributed by atoms with Crippen LogP contribution in [0.1, 0.15) is 19.8 Å². The van der Waals surface area contributed by atoms with Gasteiger partial charge in [0.15, 0.2) is 0 Å². The molecule has 0 aromatic rings. The molecule has 2 nitrogen and oxygen atoms in total. The summed E-state index contributed by atoms with van der Waals surface area (Å²) in [6, 6.07) is 0. The molecular weight excluding hydrogens is 164 g/mol. The lowest BCUT2D eigenvalue weighted by Gasteiger charge is -2.39. The number of hydrogen-bond donors (Lipinski definition) is 0. The van der Waals surface area contributed by atoms with Crippen LogP contribution in [0.5, 0.6) is 0 Å². The molecular formula is C8H15ClO2. The molecule has 0 aromatic carbocycles. The molecule has 11 heavy (non-hydrogen) atoms. The molecule has 0 aromatic heterocycles. The number of ether oxygens (including phenoxy) is 2. The SMILES string of the molecule is CCCOC1CC(Cl)C1OC. The van der Waals surface area contributed by atoms with E-state index >= 15 is 0 Å². The summed E-state index contributed by atoms with van der Waals surface area (Å²) in [5.41, 5.74) is 0. The molecule has 0 spiro atoms. The van der Waals surface area contributed by atoms with Gasteiger partial charge in [0, 0.05) is 13.7 Å². The Kier molecular flexibility index (Phi) is 3.63. The highest BCUT2D eigenvalue weighted by Crippen LogP contribution is 2.31. The van der Waals surface area contributed by atoms with Crippen LogP contribution >= 0.6 is 11.6 Å². The number of methoxy groups -OCH3 is 1. The maximum atomic E-state index is 5.88. The Balaban J connectivity index is 2.16. The van der Waals surface area contributed by atoms with Crippen LogP contribution in [0.4, 0.5) is 0 Å². The second kappa shape index (κ2) is 4.29. The maximum Gasteiger partial charge on any atom is 0.0997 e. The van der Waals surface area contributed by atoms with Crippen molar-refractivity contribution < 1.29 is 9.47 Å². The summed E-state index contributed by atoms with van der Waals surface area (Å²) in [7, 11) is 1.68. The minimum Gasteiger partial charge on any atom is -0.377 e. The van der Waals surface area contributed by atoms with Crippen molar-refractivity contribution in [1.82, 2.24) is 0 Å². The lowest BCUT2D eigenvalue weighted by Crippen LogP contribution is -2.50. The maximum absolute atomic E-state index is 5.88. The van der Waals surface area contributed by atoms with Gasteiger partial charge in [0.1, 0.15) is 0 Å². The van der Waals surface area contributed by atoms with E-state index in [1.54, 1.807) is 7.11 Å². The topological polar surface area (TPSA) is 18.5 Å². The van der Waals surface area contributed by atoms with E-state index in [9.17, 15) is 0 Å². The van der Waals surface area contributed by atoms with Crippen molar-refractivity contribution in [3.8, 4) is 0 Å². The third-order valence-electron chi connectivity index (χ3n) is 1.99. The first-order valence-corrected chi connectivity index (χ1v) is 4.51. The highest BCUT2D eigenvalue weighted by Gasteiger charge is 2.40. The van der Waals surface area contributed by atoms with Crippen LogP contribution in [0.2, 0.25) is 0 Å². The summed E-state index contributed by atoms with van der Waals surface area (Å²) < 4.78 is 10.6. The quantitative estimate of drug-likeness (QED) is 0.612. The average molecular weight is 179 g/mol. The molecule has 3 atom stereocenters. The molecule has 1 aliphatic rings. The van der Waals surface area contributed by atoms with Gasteiger partial charge in [-0.15, -0.1) is 11.6 Å². The van der Waals surface area contributed by atoms with Gasteiger partial charge in [-0.25, -0.2) is 0 Å². The normalized spacial score (nSPS) is 36.8. The van der Waals surface area contributed by atoms with Crippen molar-refractivity contribution in [2.75, 3.05) is 13.7 Å². The predicted octanol–water partition coefficient (Wildman–Crippen LogP) is 1.81. The largest absolute Gasteiger partial charge is 0.377 e. The number of halogens is 1. The van der Waals surface area contributed by atoms with Crippen LogP contribution in [-0.2, 0) is 9.47 Å². The number of alkyl halides is 1. The fraction of sp³-hybridized carbons (Fsp3) is 1.00. The van der Waals surface area contributed by atoms with Crippen molar-refractivity contribution in [3.63, 3.8) is 0 Å². The molecule has 0 bridgehead atoms. The van der Waals surface area contributed by atoms with Gasteiger partial charge in [-0.3, -0.25) is 0 Å². The van der Waals surface area contributed by atoms with E-state index < -0.39 is 0 Å². The molecule has 0 heterocycles. The Bertz CT molecular complexity index is 119. The molecule has 0 N–H and O–H groups in total. The van der Waals surface area contributed by atoms with Crippen LogP contribution in [0, 0.1) is 0 Å². The molecule has 0 aliphatic heterocycles. The van der Waals surface area contributed by atoms with E-state index in [1.165, 1.54) is 0 Å². The van der Waals surface area contributed by atoms with Crippen LogP contribution in [0.25, 0.3) is 0 Å². The van der Waals surface area contributed by atoms with E-state index in [0.717, 1.165) is 19.4 Å². The Morgan fingerprint density at radius 2 is 2.27 bits per heavy atom. The second-order valence-electron chi connectivity index (χ2n) is 2.86. The zero-order valence-electron chi connectivity index (χ0n) is 7.05. The third-order valence-corrected chi connectivity index (χ3v) is 2.42. The predicted molar refractivity (Wildman–Crippen MR) is 45.1 cm³/mol. The molecule has 0 saturated heterocycles. The second-order valence-corrected chi connectivity index (χ2v) is 3.42. The smallest absolute Gasteiger partial charge is 0.0997 e. The molecule has 0 radical (unpaired) electrons. The molecule has 1 aliphatic carbocycles. The first kappa shape index (κ1) is 9.30. The number of rotatable bonds is 4. The van der Waals surface area contributed by atoms with Gasteiger partial charge in [0.25, 0.3) is 0 Å². The Morgan fingerprint density at radius 3 is 2.73 bits per heavy atom. The number of hydrogen-bond acceptors (Lipinski definition) is 2. The average Bonchev–Trinajstić information content (AvgIpc) is 1.98. The van der Waals surface area contributed by atoms with E-state index in [2.05, 4.69) is 6.92 Å². The molecule has 3 heteroatoms. The van der Waals surface area contributed by atoms with Gasteiger partial charge in [-0.1, -0.05) is 6.92 Å². The van der Waals surface area contributed by atoms with E-state index in [4.69, 9.17) is 21.1 Å². The lowest BCUT2D eigenvalue weighted by molar-refractivity contribution is -0.109. The van der Waals surface area contributed by atoms with Crippen molar-refractivity contribution >= 4 is 11.6 Å². The molecule has 1 rings (SSSR count). The van der Waals surface area contributed by atoms with Crippen molar-refractivity contribution in [2.24, 2.45) is 0 Å². The standard InChI is InChI=1S/C8H15ClO2/c1-3-4-11-7-5-6(9)8(7)10-2/h6-8H,3-5H2,1-2H3. The van der Waals surface area contributed by atoms with Crippen LogP contribution in [0.3, 0.4) is 0 Å². The van der Waals surface area contributed by atoms with Gasteiger partial charge in [0.2, 0.25) is 0 Å². The van der Waals surface area contributed by atoms with Crippen molar-refractivity contribution in [2.45, 2.75) is 37.4 Å². The minimum absolute atomic E-state index is 0.114. The highest BCUT2D eigenvalue weighted by molar-refractivity contribution is 6.21. The summed E-state index contributed by atoms with van der Waals surface area (Å²) >= 11 is 5.88. The Labute approximate surface area is 72.8 Å². The summed E-state index contributed by atoms with van der Waals surface area (Å²) in [6.07, 6.45) is 2.34. The first-order valence-electron chi connectivity index (χ1n) is 4.08. The zero-order valence-corrected chi connectivity index (χ0v) is 7.80. The molecule has 3 unspecified atom stereocenters. The lowest BCUT2D eigenvalue weighted by atomic mass is 9.91. The Morgan fingerprint density at radius 1 is 1.55 bits per heavy atom. The summed E-state index contributed by atoms with van der Waals surface area (Å²) in [6.45, 7) is 2.91. The van der Waals surface area contributed by atoms with Crippen LogP contribution < -0.4 is 0 Å². The third kappa shape index (κ3) is 2.08. The van der Waals surface area contributed by atoms with Crippen LogP contribution in [-0.4, -0.2) is 31.3 Å². The summed E-state index contributed by atoms with van der Waals surface area (Å²) in [5, 5.41) is 0.154. The zero-order chi connectivity index (χ0) is 8.27. The Hall–Kier alpha value is 0.210. The van der Waals surface area contributed by atoms with Gasteiger partial charge in [-0.05, 0) is 12.8 Å². The molecule has 66 valence electrons. The monoisotopic (exact) mass is 178 g/mol. The highest BCUT2D eigenvalue weighted by atomic mass is 35.5. The van der Waals surface area contributed by atoms with Gasteiger partial charge >= 0.3 is 0 Å². The van der Waals surface area contributed by atoms with Crippen LogP contribution in [0.15, 0.2) is 0 Å².